The van der Waals surface area contributed by atoms with E-state index in [0.717, 1.165) is 68.0 Å². The summed E-state index contributed by atoms with van der Waals surface area (Å²) in [6.45, 7) is 7.45. The summed E-state index contributed by atoms with van der Waals surface area (Å²) in [7, 11) is 5.36. The third kappa shape index (κ3) is 6.47. The molecule has 9 heteroatoms. The molecule has 1 aliphatic rings. The topological polar surface area (TPSA) is 76.8 Å². The number of likely N-dealkylation sites (tertiary alicyclic amines) is 1. The number of guanidine groups is 1. The van der Waals surface area contributed by atoms with Crippen LogP contribution in [0.25, 0.3) is 0 Å². The zero-order valence-electron chi connectivity index (χ0n) is 19.2. The lowest BCUT2D eigenvalue weighted by atomic mass is 9.98. The first-order chi connectivity index (χ1) is 14.5. The van der Waals surface area contributed by atoms with Crippen LogP contribution >= 0.6 is 24.0 Å². The molecule has 0 aliphatic carbocycles. The zero-order valence-corrected chi connectivity index (χ0v) is 21.6. The number of nitrogens with one attached hydrogen (secondary N) is 1. The molecule has 1 atom stereocenters. The summed E-state index contributed by atoms with van der Waals surface area (Å²) in [6, 6.07) is 6.14. The van der Waals surface area contributed by atoms with Crippen molar-refractivity contribution in [3.63, 3.8) is 0 Å². The molecule has 1 N–H and O–H groups in total. The van der Waals surface area contributed by atoms with E-state index in [-0.39, 0.29) is 24.0 Å². The van der Waals surface area contributed by atoms with Gasteiger partial charge in [0, 0.05) is 38.7 Å². The number of ether oxygens (including phenoxy) is 2. The van der Waals surface area contributed by atoms with Gasteiger partial charge in [0.2, 0.25) is 0 Å². The van der Waals surface area contributed by atoms with Gasteiger partial charge in [-0.05, 0) is 37.5 Å². The van der Waals surface area contributed by atoms with E-state index >= 15 is 0 Å². The molecule has 0 amide bonds. The second kappa shape index (κ2) is 12.1. The SMILES string of the molecule is CCCCNC(=NCc1nnc(C)n1C)N1CCC(c2cc(OC)cc(OC)c2)C1.I. The zero-order chi connectivity index (χ0) is 21.5. The van der Waals surface area contributed by atoms with Crippen molar-refractivity contribution in [2.24, 2.45) is 12.0 Å². The lowest BCUT2D eigenvalue weighted by molar-refractivity contribution is 0.392. The number of methoxy groups -OCH3 is 2. The number of nitrogens with zero attached hydrogens (tertiary/aromatic N) is 5. The van der Waals surface area contributed by atoms with E-state index in [1.54, 1.807) is 14.2 Å². The van der Waals surface area contributed by atoms with Gasteiger partial charge < -0.3 is 24.3 Å². The van der Waals surface area contributed by atoms with Crippen molar-refractivity contribution in [2.45, 2.75) is 45.6 Å². The number of halogens is 1. The highest BCUT2D eigenvalue weighted by atomic mass is 127. The van der Waals surface area contributed by atoms with E-state index in [1.165, 1.54) is 5.56 Å². The summed E-state index contributed by atoms with van der Waals surface area (Å²) in [5.41, 5.74) is 1.24. The molecule has 172 valence electrons. The van der Waals surface area contributed by atoms with E-state index < -0.39 is 0 Å². The molecule has 3 rings (SSSR count). The van der Waals surface area contributed by atoms with Crippen molar-refractivity contribution >= 4 is 29.9 Å². The molecule has 1 fully saturated rings. The predicted molar refractivity (Wildman–Crippen MR) is 134 cm³/mol. The van der Waals surface area contributed by atoms with Crippen molar-refractivity contribution in [3.05, 3.63) is 35.4 Å². The van der Waals surface area contributed by atoms with Gasteiger partial charge in [-0.25, -0.2) is 4.99 Å². The van der Waals surface area contributed by atoms with Crippen LogP contribution in [0.2, 0.25) is 0 Å². The highest BCUT2D eigenvalue weighted by Gasteiger charge is 2.27. The van der Waals surface area contributed by atoms with Crippen LogP contribution in [0.15, 0.2) is 23.2 Å². The van der Waals surface area contributed by atoms with Gasteiger partial charge in [-0.1, -0.05) is 13.3 Å². The Labute approximate surface area is 202 Å². The summed E-state index contributed by atoms with van der Waals surface area (Å²) in [4.78, 5) is 7.22. The molecule has 1 aliphatic heterocycles. The molecule has 1 unspecified atom stereocenters. The third-order valence-electron chi connectivity index (χ3n) is 5.70. The molecule has 0 spiro atoms. The molecular weight excluding hydrogens is 507 g/mol. The minimum Gasteiger partial charge on any atom is -0.497 e. The minimum absolute atomic E-state index is 0. The summed E-state index contributed by atoms with van der Waals surface area (Å²) in [5.74, 6) is 4.78. The monoisotopic (exact) mass is 542 g/mol. The smallest absolute Gasteiger partial charge is 0.194 e. The first-order valence-electron chi connectivity index (χ1n) is 10.7. The van der Waals surface area contributed by atoms with E-state index in [9.17, 15) is 0 Å². The average Bonchev–Trinajstić information content (AvgIpc) is 3.38. The molecule has 1 aromatic carbocycles. The quantitative estimate of drug-likeness (QED) is 0.238. The fraction of sp³-hybridized carbons (Fsp3) is 0.591. The Morgan fingerprint density at radius 2 is 1.90 bits per heavy atom. The average molecular weight is 542 g/mol. The fourth-order valence-corrected chi connectivity index (χ4v) is 3.67. The summed E-state index contributed by atoms with van der Waals surface area (Å²) < 4.78 is 12.9. The fourth-order valence-electron chi connectivity index (χ4n) is 3.67. The Morgan fingerprint density at radius 1 is 1.19 bits per heavy atom. The van der Waals surface area contributed by atoms with Gasteiger partial charge in [0.1, 0.15) is 23.9 Å². The summed E-state index contributed by atoms with van der Waals surface area (Å²) in [6.07, 6.45) is 3.33. The number of unbranched alkanes of at least 4 members (excludes halogenated alkanes) is 1. The molecule has 0 radical (unpaired) electrons. The largest absolute Gasteiger partial charge is 0.497 e. The molecule has 8 nitrogen and oxygen atoms in total. The number of hydrogen-bond donors (Lipinski definition) is 1. The maximum Gasteiger partial charge on any atom is 0.194 e. The van der Waals surface area contributed by atoms with Crippen molar-refractivity contribution in [2.75, 3.05) is 33.9 Å². The lowest BCUT2D eigenvalue weighted by Gasteiger charge is -2.22. The molecule has 2 heterocycles. The van der Waals surface area contributed by atoms with Gasteiger partial charge in [-0.15, -0.1) is 34.2 Å². The molecular formula is C22H35IN6O2. The first-order valence-corrected chi connectivity index (χ1v) is 10.7. The maximum absolute atomic E-state index is 5.45. The Balaban J connectivity index is 0.00000341. The molecule has 31 heavy (non-hydrogen) atoms. The van der Waals surface area contributed by atoms with Crippen LogP contribution in [-0.2, 0) is 13.6 Å². The van der Waals surface area contributed by atoms with Gasteiger partial charge in [-0.3, -0.25) is 0 Å². The number of aromatic nitrogens is 3. The van der Waals surface area contributed by atoms with Gasteiger partial charge >= 0.3 is 0 Å². The van der Waals surface area contributed by atoms with Crippen LogP contribution in [0.3, 0.4) is 0 Å². The molecule has 1 aromatic heterocycles. The number of benzene rings is 1. The number of hydrogen-bond acceptors (Lipinski definition) is 5. The first kappa shape index (κ1) is 25.2. The van der Waals surface area contributed by atoms with Gasteiger partial charge in [0.25, 0.3) is 0 Å². The summed E-state index contributed by atoms with van der Waals surface area (Å²) in [5, 5.41) is 11.9. The van der Waals surface area contributed by atoms with Crippen molar-refractivity contribution < 1.29 is 9.47 Å². The Bertz CT molecular complexity index is 847. The van der Waals surface area contributed by atoms with Crippen molar-refractivity contribution in [1.29, 1.82) is 0 Å². The third-order valence-corrected chi connectivity index (χ3v) is 5.70. The van der Waals surface area contributed by atoms with Crippen LogP contribution in [0.1, 0.15) is 49.3 Å². The number of aliphatic imine (C=N–C) groups is 1. The van der Waals surface area contributed by atoms with Gasteiger partial charge in [-0.2, -0.15) is 0 Å². The Kier molecular flexibility index (Phi) is 9.86. The van der Waals surface area contributed by atoms with Crippen LogP contribution in [0.4, 0.5) is 0 Å². The second-order valence-corrected chi connectivity index (χ2v) is 7.72. The minimum atomic E-state index is 0. The number of rotatable bonds is 8. The molecule has 1 saturated heterocycles. The number of aryl methyl sites for hydroxylation is 1. The lowest BCUT2D eigenvalue weighted by Crippen LogP contribution is -2.40. The van der Waals surface area contributed by atoms with Gasteiger partial charge in [0.15, 0.2) is 11.8 Å². The van der Waals surface area contributed by atoms with Crippen molar-refractivity contribution in [3.8, 4) is 11.5 Å². The second-order valence-electron chi connectivity index (χ2n) is 7.72. The predicted octanol–water partition coefficient (Wildman–Crippen LogP) is 3.49. The van der Waals surface area contributed by atoms with E-state index in [4.69, 9.17) is 14.5 Å². The normalized spacial score (nSPS) is 16.2. The standard InChI is InChI=1S/C22H34N6O2.HI/c1-6-7-9-23-22(24-14-21-26-25-16(2)27(21)3)28-10-8-17(15-28)18-11-19(29-4)13-20(12-18)30-5;/h11-13,17H,6-10,14-15H2,1-5H3,(H,23,24);1H. The van der Waals surface area contributed by atoms with Crippen LogP contribution in [0, 0.1) is 6.92 Å². The highest BCUT2D eigenvalue weighted by molar-refractivity contribution is 14.0. The highest BCUT2D eigenvalue weighted by Crippen LogP contribution is 2.33. The van der Waals surface area contributed by atoms with E-state index in [0.29, 0.717) is 12.5 Å². The molecule has 2 aromatic rings. The van der Waals surface area contributed by atoms with Crippen LogP contribution in [-0.4, -0.2) is 59.5 Å². The Hall–Kier alpha value is -2.04. The summed E-state index contributed by atoms with van der Waals surface area (Å²) >= 11 is 0. The van der Waals surface area contributed by atoms with E-state index in [1.807, 2.05) is 24.6 Å². The van der Waals surface area contributed by atoms with Crippen LogP contribution in [0.5, 0.6) is 11.5 Å². The van der Waals surface area contributed by atoms with Crippen molar-refractivity contribution in [1.82, 2.24) is 25.0 Å². The molecule has 0 bridgehead atoms. The molecule has 0 saturated carbocycles. The van der Waals surface area contributed by atoms with Crippen LogP contribution < -0.4 is 14.8 Å². The van der Waals surface area contributed by atoms with E-state index in [2.05, 4.69) is 39.5 Å². The Morgan fingerprint density at radius 3 is 2.48 bits per heavy atom. The van der Waals surface area contributed by atoms with Gasteiger partial charge in [0.05, 0.1) is 14.2 Å². The maximum atomic E-state index is 5.45.